The van der Waals surface area contributed by atoms with Crippen molar-refractivity contribution in [2.75, 3.05) is 5.32 Å². The smallest absolute Gasteiger partial charge is 0.146 e. The molecule has 1 atom stereocenters. The highest BCUT2D eigenvalue weighted by molar-refractivity contribution is 6.30. The molecule has 2 rings (SSSR count). The lowest BCUT2D eigenvalue weighted by Gasteiger charge is -2.28. The predicted octanol–water partition coefficient (Wildman–Crippen LogP) is 4.47. The van der Waals surface area contributed by atoms with E-state index in [2.05, 4.69) is 19.2 Å². The van der Waals surface area contributed by atoms with Crippen molar-refractivity contribution in [3.8, 4) is 0 Å². The van der Waals surface area contributed by atoms with Crippen LogP contribution >= 0.6 is 11.6 Å². The van der Waals surface area contributed by atoms with Crippen molar-refractivity contribution in [1.29, 1.82) is 0 Å². The highest BCUT2D eigenvalue weighted by Crippen LogP contribution is 2.39. The van der Waals surface area contributed by atoms with Gasteiger partial charge in [0.15, 0.2) is 0 Å². The second-order valence-corrected chi connectivity index (χ2v) is 5.64. The standard InChI is InChI=1S/C13H17ClFN/c1-13(2)7-3-4-12(13)16-11-8-9(14)5-6-10(11)15/h5-6,8,12,16H,3-4,7H2,1-2H3. The SMILES string of the molecule is CC1(C)CCCC1Nc1cc(Cl)ccc1F. The van der Waals surface area contributed by atoms with E-state index in [1.807, 2.05) is 0 Å². The van der Waals surface area contributed by atoms with Crippen LogP contribution in [0.5, 0.6) is 0 Å². The number of hydrogen-bond acceptors (Lipinski definition) is 1. The summed E-state index contributed by atoms with van der Waals surface area (Å²) >= 11 is 5.87. The third-order valence-corrected chi connectivity index (χ3v) is 3.75. The maximum atomic E-state index is 13.6. The van der Waals surface area contributed by atoms with E-state index in [4.69, 9.17) is 11.6 Å². The van der Waals surface area contributed by atoms with Crippen molar-refractivity contribution in [2.24, 2.45) is 5.41 Å². The topological polar surface area (TPSA) is 12.0 Å². The van der Waals surface area contributed by atoms with Crippen molar-refractivity contribution >= 4 is 17.3 Å². The summed E-state index contributed by atoms with van der Waals surface area (Å²) in [7, 11) is 0. The van der Waals surface area contributed by atoms with Crippen LogP contribution in [0.1, 0.15) is 33.1 Å². The maximum Gasteiger partial charge on any atom is 0.146 e. The molecule has 0 heterocycles. The van der Waals surface area contributed by atoms with Gasteiger partial charge in [0.2, 0.25) is 0 Å². The summed E-state index contributed by atoms with van der Waals surface area (Å²) in [5, 5.41) is 3.85. The number of halogens is 2. The second-order valence-electron chi connectivity index (χ2n) is 5.20. The molecule has 0 aliphatic heterocycles. The molecule has 1 unspecified atom stereocenters. The molecular weight excluding hydrogens is 225 g/mol. The van der Waals surface area contributed by atoms with Crippen LogP contribution in [-0.4, -0.2) is 6.04 Å². The lowest BCUT2D eigenvalue weighted by atomic mass is 9.87. The Morgan fingerprint density at radius 1 is 1.44 bits per heavy atom. The highest BCUT2D eigenvalue weighted by Gasteiger charge is 2.34. The minimum Gasteiger partial charge on any atom is -0.379 e. The quantitative estimate of drug-likeness (QED) is 0.806. The second kappa shape index (κ2) is 4.25. The third kappa shape index (κ3) is 2.32. The van der Waals surface area contributed by atoms with Crippen LogP contribution in [0.3, 0.4) is 0 Å². The molecule has 88 valence electrons. The molecule has 1 aromatic carbocycles. The van der Waals surface area contributed by atoms with Crippen LogP contribution in [-0.2, 0) is 0 Å². The van der Waals surface area contributed by atoms with Crippen LogP contribution in [0.15, 0.2) is 18.2 Å². The average molecular weight is 242 g/mol. The zero-order chi connectivity index (χ0) is 11.8. The first-order valence-corrected chi connectivity index (χ1v) is 6.08. The fraction of sp³-hybridized carbons (Fsp3) is 0.538. The summed E-state index contributed by atoms with van der Waals surface area (Å²) in [6.07, 6.45) is 3.48. The van der Waals surface area contributed by atoms with E-state index in [1.54, 1.807) is 12.1 Å². The number of benzene rings is 1. The van der Waals surface area contributed by atoms with Crippen LogP contribution in [0, 0.1) is 11.2 Å². The molecule has 0 amide bonds. The molecule has 1 fully saturated rings. The van der Waals surface area contributed by atoms with E-state index in [1.165, 1.54) is 18.9 Å². The van der Waals surface area contributed by atoms with Crippen molar-refractivity contribution in [1.82, 2.24) is 0 Å². The molecule has 1 aliphatic carbocycles. The van der Waals surface area contributed by atoms with Gasteiger partial charge in [-0.05, 0) is 36.5 Å². The molecule has 1 nitrogen and oxygen atoms in total. The Hall–Kier alpha value is -0.760. The van der Waals surface area contributed by atoms with E-state index in [9.17, 15) is 4.39 Å². The zero-order valence-corrected chi connectivity index (χ0v) is 10.4. The fourth-order valence-corrected chi connectivity index (χ4v) is 2.56. The molecule has 0 bridgehead atoms. The van der Waals surface area contributed by atoms with Gasteiger partial charge in [0.05, 0.1) is 5.69 Å². The van der Waals surface area contributed by atoms with E-state index < -0.39 is 0 Å². The molecular formula is C13H17ClFN. The molecule has 0 aromatic heterocycles. The summed E-state index contributed by atoms with van der Waals surface area (Å²) in [6.45, 7) is 4.44. The summed E-state index contributed by atoms with van der Waals surface area (Å²) < 4.78 is 13.6. The van der Waals surface area contributed by atoms with Crippen molar-refractivity contribution in [2.45, 2.75) is 39.2 Å². The number of anilines is 1. The monoisotopic (exact) mass is 241 g/mol. The van der Waals surface area contributed by atoms with E-state index >= 15 is 0 Å². The van der Waals surface area contributed by atoms with Gasteiger partial charge in [-0.1, -0.05) is 31.9 Å². The minimum atomic E-state index is -0.230. The Morgan fingerprint density at radius 3 is 2.81 bits per heavy atom. The molecule has 0 saturated heterocycles. The zero-order valence-electron chi connectivity index (χ0n) is 9.69. The summed E-state index contributed by atoms with van der Waals surface area (Å²) in [6, 6.07) is 4.97. The minimum absolute atomic E-state index is 0.230. The molecule has 0 spiro atoms. The van der Waals surface area contributed by atoms with E-state index in [0.29, 0.717) is 16.8 Å². The average Bonchev–Trinajstić information content (AvgIpc) is 2.52. The number of hydrogen-bond donors (Lipinski definition) is 1. The van der Waals surface area contributed by atoms with Gasteiger partial charge in [-0.15, -0.1) is 0 Å². The maximum absolute atomic E-state index is 13.6. The first-order chi connectivity index (χ1) is 7.49. The van der Waals surface area contributed by atoms with Crippen LogP contribution < -0.4 is 5.32 Å². The van der Waals surface area contributed by atoms with Crippen LogP contribution in [0.25, 0.3) is 0 Å². The molecule has 0 radical (unpaired) electrons. The number of rotatable bonds is 2. The first kappa shape index (κ1) is 11.7. The van der Waals surface area contributed by atoms with Gasteiger partial charge in [0.1, 0.15) is 5.82 Å². The van der Waals surface area contributed by atoms with Gasteiger partial charge in [0, 0.05) is 11.1 Å². The molecule has 3 heteroatoms. The Morgan fingerprint density at radius 2 is 2.19 bits per heavy atom. The Balaban J connectivity index is 2.17. The molecule has 1 N–H and O–H groups in total. The number of nitrogens with one attached hydrogen (secondary N) is 1. The van der Waals surface area contributed by atoms with E-state index in [-0.39, 0.29) is 11.2 Å². The van der Waals surface area contributed by atoms with E-state index in [0.717, 1.165) is 6.42 Å². The lowest BCUT2D eigenvalue weighted by Crippen LogP contribution is -2.31. The third-order valence-electron chi connectivity index (χ3n) is 3.52. The van der Waals surface area contributed by atoms with Crippen molar-refractivity contribution in [3.63, 3.8) is 0 Å². The van der Waals surface area contributed by atoms with Gasteiger partial charge < -0.3 is 5.32 Å². The first-order valence-electron chi connectivity index (χ1n) is 5.71. The van der Waals surface area contributed by atoms with Crippen molar-refractivity contribution in [3.05, 3.63) is 29.0 Å². The Labute approximate surface area is 101 Å². The largest absolute Gasteiger partial charge is 0.379 e. The van der Waals surface area contributed by atoms with Crippen LogP contribution in [0.2, 0.25) is 5.02 Å². The van der Waals surface area contributed by atoms with Crippen molar-refractivity contribution < 1.29 is 4.39 Å². The summed E-state index contributed by atoms with van der Waals surface area (Å²) in [5.41, 5.74) is 0.752. The predicted molar refractivity (Wildman–Crippen MR) is 66.5 cm³/mol. The lowest BCUT2D eigenvalue weighted by molar-refractivity contribution is 0.349. The molecule has 16 heavy (non-hydrogen) atoms. The fourth-order valence-electron chi connectivity index (χ4n) is 2.39. The Kier molecular flexibility index (Phi) is 3.11. The van der Waals surface area contributed by atoms with Gasteiger partial charge in [-0.25, -0.2) is 4.39 Å². The molecule has 1 saturated carbocycles. The molecule has 1 aliphatic rings. The van der Waals surface area contributed by atoms with Crippen LogP contribution in [0.4, 0.5) is 10.1 Å². The molecule has 1 aromatic rings. The van der Waals surface area contributed by atoms with Gasteiger partial charge in [-0.2, -0.15) is 0 Å². The Bertz CT molecular complexity index is 390. The highest BCUT2D eigenvalue weighted by atomic mass is 35.5. The van der Waals surface area contributed by atoms with Gasteiger partial charge >= 0.3 is 0 Å². The van der Waals surface area contributed by atoms with Gasteiger partial charge in [0.25, 0.3) is 0 Å². The summed E-state index contributed by atoms with van der Waals surface area (Å²) in [5.74, 6) is -0.230. The normalized spacial score (nSPS) is 23.4. The van der Waals surface area contributed by atoms with Gasteiger partial charge in [-0.3, -0.25) is 0 Å². The summed E-state index contributed by atoms with van der Waals surface area (Å²) in [4.78, 5) is 0.